The quantitative estimate of drug-likeness (QED) is 0.756. The van der Waals surface area contributed by atoms with Gasteiger partial charge < -0.3 is 10.1 Å². The van der Waals surface area contributed by atoms with Gasteiger partial charge in [-0.15, -0.1) is 11.3 Å². The number of hydrogen-bond acceptors (Lipinski definition) is 4. The predicted octanol–water partition coefficient (Wildman–Crippen LogP) is 3.14. The summed E-state index contributed by atoms with van der Waals surface area (Å²) in [7, 11) is 1.66. The topological polar surface area (TPSA) is 55.6 Å². The van der Waals surface area contributed by atoms with Crippen LogP contribution in [0.15, 0.2) is 35.8 Å². The third kappa shape index (κ3) is 3.37. The third-order valence-corrected chi connectivity index (χ3v) is 4.54. The van der Waals surface area contributed by atoms with Crippen molar-refractivity contribution in [1.29, 1.82) is 0 Å². The fourth-order valence-electron chi connectivity index (χ4n) is 2.44. The van der Waals surface area contributed by atoms with E-state index >= 15 is 0 Å². The molecule has 6 heteroatoms. The van der Waals surface area contributed by atoms with Crippen molar-refractivity contribution in [3.05, 3.63) is 41.5 Å². The number of nitrogens with one attached hydrogen (secondary N) is 1. The number of aryl methyl sites for hydroxylation is 1. The molecule has 0 spiro atoms. The number of amides is 1. The Hall–Kier alpha value is -2.34. The molecule has 1 aromatic carbocycles. The molecule has 1 N–H and O–H groups in total. The number of rotatable bonds is 6. The summed E-state index contributed by atoms with van der Waals surface area (Å²) in [6.45, 7) is 2.60. The molecule has 0 saturated heterocycles. The van der Waals surface area contributed by atoms with E-state index in [0.29, 0.717) is 19.4 Å². The van der Waals surface area contributed by atoms with E-state index in [0.717, 1.165) is 27.7 Å². The van der Waals surface area contributed by atoms with Crippen LogP contribution in [0.4, 0.5) is 0 Å². The minimum absolute atomic E-state index is 0.0855. The Morgan fingerprint density at radius 2 is 2.13 bits per heavy atom. The van der Waals surface area contributed by atoms with Crippen molar-refractivity contribution in [2.45, 2.75) is 19.8 Å². The van der Waals surface area contributed by atoms with E-state index in [1.165, 1.54) is 0 Å². The summed E-state index contributed by atoms with van der Waals surface area (Å²) in [4.78, 5) is 17.2. The highest BCUT2D eigenvalue weighted by Crippen LogP contribution is 2.25. The average Bonchev–Trinajstić information content (AvgIpc) is 3.14. The summed E-state index contributed by atoms with van der Waals surface area (Å²) in [6.07, 6.45) is 3.24. The number of thiazole rings is 1. The Kier molecular flexibility index (Phi) is 4.62. The largest absolute Gasteiger partial charge is 0.497 e. The standard InChI is InChI=1S/C17H19N3O2S/c1-3-18-16(21)9-6-13-11-23-17-19-15(10-20(13)17)12-4-7-14(22-2)8-5-12/h4-5,7-8,10-11H,3,6,9H2,1-2H3,(H,18,21). The summed E-state index contributed by atoms with van der Waals surface area (Å²) >= 11 is 1.60. The number of ether oxygens (including phenoxy) is 1. The molecule has 0 aliphatic carbocycles. The number of benzene rings is 1. The molecule has 0 atom stereocenters. The molecule has 1 amide bonds. The van der Waals surface area contributed by atoms with Gasteiger partial charge in [-0.3, -0.25) is 9.20 Å². The van der Waals surface area contributed by atoms with Gasteiger partial charge in [-0.2, -0.15) is 0 Å². The second kappa shape index (κ2) is 6.83. The second-order valence-corrected chi connectivity index (χ2v) is 6.02. The van der Waals surface area contributed by atoms with Crippen LogP contribution in [0.25, 0.3) is 16.2 Å². The highest BCUT2D eigenvalue weighted by atomic mass is 32.1. The summed E-state index contributed by atoms with van der Waals surface area (Å²) in [5, 5.41) is 4.89. The molecule has 23 heavy (non-hydrogen) atoms. The summed E-state index contributed by atoms with van der Waals surface area (Å²) in [6, 6.07) is 7.86. The van der Waals surface area contributed by atoms with Gasteiger partial charge in [0.2, 0.25) is 5.91 Å². The van der Waals surface area contributed by atoms with Crippen molar-refractivity contribution < 1.29 is 9.53 Å². The van der Waals surface area contributed by atoms with Gasteiger partial charge in [0.15, 0.2) is 4.96 Å². The summed E-state index contributed by atoms with van der Waals surface area (Å²) in [5.41, 5.74) is 3.10. The lowest BCUT2D eigenvalue weighted by Crippen LogP contribution is -2.22. The monoisotopic (exact) mass is 329 g/mol. The van der Waals surface area contributed by atoms with Crippen molar-refractivity contribution in [1.82, 2.24) is 14.7 Å². The van der Waals surface area contributed by atoms with Gasteiger partial charge in [-0.1, -0.05) is 0 Å². The molecule has 2 aromatic heterocycles. The van der Waals surface area contributed by atoms with Gasteiger partial charge in [-0.25, -0.2) is 4.98 Å². The van der Waals surface area contributed by atoms with Gasteiger partial charge in [-0.05, 0) is 37.6 Å². The van der Waals surface area contributed by atoms with Crippen LogP contribution in [0.1, 0.15) is 19.0 Å². The molecule has 3 rings (SSSR count). The normalized spacial score (nSPS) is 10.9. The highest BCUT2D eigenvalue weighted by molar-refractivity contribution is 7.15. The van der Waals surface area contributed by atoms with E-state index in [-0.39, 0.29) is 5.91 Å². The lowest BCUT2D eigenvalue weighted by atomic mass is 10.1. The maximum absolute atomic E-state index is 11.6. The van der Waals surface area contributed by atoms with Gasteiger partial charge in [0.1, 0.15) is 5.75 Å². The number of nitrogens with zero attached hydrogens (tertiary/aromatic N) is 2. The summed E-state index contributed by atoms with van der Waals surface area (Å²) in [5.74, 6) is 0.916. The van der Waals surface area contributed by atoms with Crippen LogP contribution in [0.2, 0.25) is 0 Å². The molecular weight excluding hydrogens is 310 g/mol. The van der Waals surface area contributed by atoms with Crippen LogP contribution in [-0.4, -0.2) is 28.9 Å². The Balaban J connectivity index is 1.80. The third-order valence-electron chi connectivity index (χ3n) is 3.65. The zero-order chi connectivity index (χ0) is 16.2. The molecule has 0 unspecified atom stereocenters. The predicted molar refractivity (Wildman–Crippen MR) is 92.1 cm³/mol. The SMILES string of the molecule is CCNC(=O)CCc1csc2nc(-c3ccc(OC)cc3)cn12. The number of methoxy groups -OCH3 is 1. The van der Waals surface area contributed by atoms with E-state index in [9.17, 15) is 4.79 Å². The molecule has 5 nitrogen and oxygen atoms in total. The smallest absolute Gasteiger partial charge is 0.220 e. The average molecular weight is 329 g/mol. The lowest BCUT2D eigenvalue weighted by Gasteiger charge is -2.01. The van der Waals surface area contributed by atoms with Gasteiger partial charge >= 0.3 is 0 Å². The molecule has 3 aromatic rings. The second-order valence-electron chi connectivity index (χ2n) is 5.19. The maximum atomic E-state index is 11.6. The first-order valence-electron chi connectivity index (χ1n) is 7.58. The van der Waals surface area contributed by atoms with Crippen molar-refractivity contribution in [3.63, 3.8) is 0 Å². The Morgan fingerprint density at radius 1 is 1.35 bits per heavy atom. The molecule has 2 heterocycles. The fourth-order valence-corrected chi connectivity index (χ4v) is 3.34. The molecule has 0 saturated carbocycles. The van der Waals surface area contributed by atoms with Gasteiger partial charge in [0.25, 0.3) is 0 Å². The first-order chi connectivity index (χ1) is 11.2. The molecule has 0 aliphatic heterocycles. The minimum Gasteiger partial charge on any atom is -0.497 e. The lowest BCUT2D eigenvalue weighted by molar-refractivity contribution is -0.120. The zero-order valence-electron chi connectivity index (χ0n) is 13.2. The number of imidazole rings is 1. The number of fused-ring (bicyclic) bond motifs is 1. The van der Waals surface area contributed by atoms with Crippen molar-refractivity contribution in [2.75, 3.05) is 13.7 Å². The Labute approximate surface area is 138 Å². The number of carbonyl (C=O) groups is 1. The number of aromatic nitrogens is 2. The minimum atomic E-state index is 0.0855. The highest BCUT2D eigenvalue weighted by Gasteiger charge is 2.11. The van der Waals surface area contributed by atoms with Crippen molar-refractivity contribution >= 4 is 22.2 Å². The molecule has 0 bridgehead atoms. The van der Waals surface area contributed by atoms with Crippen LogP contribution >= 0.6 is 11.3 Å². The van der Waals surface area contributed by atoms with E-state index in [1.807, 2.05) is 37.4 Å². The maximum Gasteiger partial charge on any atom is 0.220 e. The summed E-state index contributed by atoms with van der Waals surface area (Å²) < 4.78 is 7.25. The Morgan fingerprint density at radius 3 is 2.83 bits per heavy atom. The van der Waals surface area contributed by atoms with E-state index < -0.39 is 0 Å². The van der Waals surface area contributed by atoms with Crippen LogP contribution in [-0.2, 0) is 11.2 Å². The molecule has 0 aliphatic rings. The van der Waals surface area contributed by atoms with Gasteiger partial charge in [0.05, 0.1) is 12.8 Å². The van der Waals surface area contributed by atoms with E-state index in [1.54, 1.807) is 18.4 Å². The molecule has 120 valence electrons. The van der Waals surface area contributed by atoms with Crippen LogP contribution in [0.5, 0.6) is 5.75 Å². The van der Waals surface area contributed by atoms with E-state index in [4.69, 9.17) is 4.74 Å². The van der Waals surface area contributed by atoms with Crippen LogP contribution in [0, 0.1) is 0 Å². The number of carbonyl (C=O) groups excluding carboxylic acids is 1. The first-order valence-corrected chi connectivity index (χ1v) is 8.46. The van der Waals surface area contributed by atoms with Crippen molar-refractivity contribution in [3.8, 4) is 17.0 Å². The Bertz CT molecular complexity index is 805. The first kappa shape index (κ1) is 15.6. The van der Waals surface area contributed by atoms with Crippen LogP contribution < -0.4 is 10.1 Å². The number of hydrogen-bond donors (Lipinski definition) is 1. The fraction of sp³-hybridized carbons (Fsp3) is 0.294. The van der Waals surface area contributed by atoms with E-state index in [2.05, 4.69) is 20.1 Å². The molecule has 0 fully saturated rings. The van der Waals surface area contributed by atoms with Crippen molar-refractivity contribution in [2.24, 2.45) is 0 Å². The molecular formula is C17H19N3O2S. The van der Waals surface area contributed by atoms with Gasteiger partial charge in [0, 0.05) is 35.8 Å². The molecule has 0 radical (unpaired) electrons. The zero-order valence-corrected chi connectivity index (χ0v) is 14.0. The van der Waals surface area contributed by atoms with Crippen LogP contribution in [0.3, 0.4) is 0 Å².